The highest BCUT2D eigenvalue weighted by atomic mass is 32.2. The number of carbonyl (C=O) groups is 2. The first-order valence-corrected chi connectivity index (χ1v) is 9.07. The number of aliphatic hydroxyl groups is 1. The van der Waals surface area contributed by atoms with Crippen LogP contribution in [0, 0.1) is 5.92 Å². The van der Waals surface area contributed by atoms with Crippen molar-refractivity contribution < 1.29 is 24.5 Å². The fourth-order valence-electron chi connectivity index (χ4n) is 3.22. The normalized spacial score (nSPS) is 29.1. The van der Waals surface area contributed by atoms with E-state index >= 15 is 0 Å². The first-order chi connectivity index (χ1) is 11.9. The molecule has 2 heterocycles. The van der Waals surface area contributed by atoms with Crippen molar-refractivity contribution in [3.8, 4) is 5.75 Å². The van der Waals surface area contributed by atoms with Crippen LogP contribution in [0.3, 0.4) is 0 Å². The molecule has 1 unspecified atom stereocenters. The Kier molecular flexibility index (Phi) is 4.95. The Bertz CT molecular complexity index is 666. The SMILES string of the molecule is C[C@@H](O)[C@H]1C(=O)N2CC(COc3ccc(CCN)cc3)(C(=O)O)S[C@H]12. The number of carboxylic acid groups (broad SMARTS) is 1. The van der Waals surface area contributed by atoms with Gasteiger partial charge in [-0.1, -0.05) is 12.1 Å². The highest BCUT2D eigenvalue weighted by Gasteiger charge is 2.63. The molecule has 1 amide bonds. The zero-order valence-corrected chi connectivity index (χ0v) is 14.7. The number of hydrogen-bond acceptors (Lipinski definition) is 6. The minimum absolute atomic E-state index is 0.0456. The van der Waals surface area contributed by atoms with Gasteiger partial charge in [-0.2, -0.15) is 0 Å². The number of nitrogens with zero attached hydrogens (tertiary/aromatic N) is 1. The first-order valence-electron chi connectivity index (χ1n) is 8.19. The van der Waals surface area contributed by atoms with Crippen molar-refractivity contribution in [1.82, 2.24) is 4.90 Å². The molecular formula is C17H22N2O5S. The maximum atomic E-state index is 12.1. The Morgan fingerprint density at radius 2 is 2.16 bits per heavy atom. The summed E-state index contributed by atoms with van der Waals surface area (Å²) in [6.07, 6.45) is -0.0175. The molecule has 25 heavy (non-hydrogen) atoms. The zero-order valence-electron chi connectivity index (χ0n) is 13.9. The van der Waals surface area contributed by atoms with E-state index in [1.54, 1.807) is 19.1 Å². The monoisotopic (exact) mass is 366 g/mol. The largest absolute Gasteiger partial charge is 0.491 e. The minimum atomic E-state index is -1.22. The van der Waals surface area contributed by atoms with Gasteiger partial charge in [-0.05, 0) is 37.6 Å². The maximum absolute atomic E-state index is 12.1. The van der Waals surface area contributed by atoms with Crippen molar-refractivity contribution in [1.29, 1.82) is 0 Å². The molecule has 0 aromatic heterocycles. The van der Waals surface area contributed by atoms with Crippen LogP contribution in [0.15, 0.2) is 24.3 Å². The number of rotatable bonds is 7. The van der Waals surface area contributed by atoms with Crippen LogP contribution in [0.25, 0.3) is 0 Å². The van der Waals surface area contributed by atoms with Crippen LogP contribution in [-0.4, -0.2) is 62.9 Å². The summed E-state index contributed by atoms with van der Waals surface area (Å²) in [5, 5.41) is 19.1. The number of β-lactam (4-membered cyclic amide) rings is 1. The summed E-state index contributed by atoms with van der Waals surface area (Å²) < 4.78 is 4.49. The van der Waals surface area contributed by atoms with E-state index in [1.807, 2.05) is 12.1 Å². The molecule has 0 radical (unpaired) electrons. The first kappa shape index (κ1) is 18.0. The number of ether oxygens (including phenoxy) is 1. The minimum Gasteiger partial charge on any atom is -0.491 e. The number of nitrogens with two attached hydrogens (primary N) is 1. The molecule has 1 aromatic rings. The number of carboxylic acids is 1. The van der Waals surface area contributed by atoms with Crippen LogP contribution in [0.4, 0.5) is 0 Å². The molecule has 1 aromatic carbocycles. The van der Waals surface area contributed by atoms with Crippen molar-refractivity contribution in [3.05, 3.63) is 29.8 Å². The Morgan fingerprint density at radius 3 is 2.72 bits per heavy atom. The molecule has 2 saturated heterocycles. The van der Waals surface area contributed by atoms with Gasteiger partial charge in [0.15, 0.2) is 4.75 Å². The molecule has 0 bridgehead atoms. The van der Waals surface area contributed by atoms with Gasteiger partial charge in [0.25, 0.3) is 0 Å². The second-order valence-corrected chi connectivity index (χ2v) is 8.01. The predicted octanol–water partition coefficient (Wildman–Crippen LogP) is 0.302. The van der Waals surface area contributed by atoms with E-state index in [0.29, 0.717) is 12.3 Å². The van der Waals surface area contributed by atoms with Gasteiger partial charge < -0.3 is 25.6 Å². The van der Waals surface area contributed by atoms with Gasteiger partial charge in [-0.25, -0.2) is 0 Å². The molecule has 2 fully saturated rings. The lowest BCUT2D eigenvalue weighted by Crippen LogP contribution is -2.60. The lowest BCUT2D eigenvalue weighted by molar-refractivity contribution is -0.156. The molecule has 3 rings (SSSR count). The van der Waals surface area contributed by atoms with Gasteiger partial charge in [0.1, 0.15) is 12.4 Å². The number of benzene rings is 1. The second-order valence-electron chi connectivity index (χ2n) is 6.51. The van der Waals surface area contributed by atoms with Crippen LogP contribution >= 0.6 is 11.8 Å². The molecule has 7 nitrogen and oxygen atoms in total. The van der Waals surface area contributed by atoms with Crippen molar-refractivity contribution in [3.63, 3.8) is 0 Å². The fourth-order valence-corrected chi connectivity index (χ4v) is 4.92. The van der Waals surface area contributed by atoms with E-state index < -0.39 is 22.7 Å². The van der Waals surface area contributed by atoms with Crippen molar-refractivity contribution in [2.24, 2.45) is 11.7 Å². The van der Waals surface area contributed by atoms with Gasteiger partial charge in [0, 0.05) is 0 Å². The maximum Gasteiger partial charge on any atom is 0.325 e. The third kappa shape index (κ3) is 3.21. The van der Waals surface area contributed by atoms with Gasteiger partial charge in [-0.3, -0.25) is 9.59 Å². The van der Waals surface area contributed by atoms with Crippen LogP contribution in [-0.2, 0) is 16.0 Å². The van der Waals surface area contributed by atoms with E-state index in [2.05, 4.69) is 0 Å². The Morgan fingerprint density at radius 1 is 1.48 bits per heavy atom. The van der Waals surface area contributed by atoms with Gasteiger partial charge in [-0.15, -0.1) is 11.8 Å². The van der Waals surface area contributed by atoms with Crippen LogP contribution in [0.1, 0.15) is 12.5 Å². The highest BCUT2D eigenvalue weighted by molar-refractivity contribution is 8.02. The van der Waals surface area contributed by atoms with Gasteiger partial charge in [0.2, 0.25) is 5.91 Å². The fraction of sp³-hybridized carbons (Fsp3) is 0.529. The number of aliphatic hydroxyl groups excluding tert-OH is 1. The molecule has 0 aliphatic carbocycles. The van der Waals surface area contributed by atoms with Crippen LogP contribution in [0.2, 0.25) is 0 Å². The molecule has 4 N–H and O–H groups in total. The van der Waals surface area contributed by atoms with E-state index in [1.165, 1.54) is 16.7 Å². The third-order valence-electron chi connectivity index (χ3n) is 4.69. The highest BCUT2D eigenvalue weighted by Crippen LogP contribution is 2.50. The number of carbonyl (C=O) groups excluding carboxylic acids is 1. The Balaban J connectivity index is 1.68. The molecule has 8 heteroatoms. The summed E-state index contributed by atoms with van der Waals surface area (Å²) in [6, 6.07) is 7.38. The lowest BCUT2D eigenvalue weighted by Gasteiger charge is -2.42. The van der Waals surface area contributed by atoms with Crippen LogP contribution < -0.4 is 10.5 Å². The lowest BCUT2D eigenvalue weighted by atomic mass is 9.92. The van der Waals surface area contributed by atoms with Gasteiger partial charge in [0.05, 0.1) is 23.9 Å². The third-order valence-corrected chi connectivity index (χ3v) is 6.35. The average molecular weight is 366 g/mol. The van der Waals surface area contributed by atoms with E-state index in [0.717, 1.165) is 12.0 Å². The summed E-state index contributed by atoms with van der Waals surface area (Å²) >= 11 is 1.19. The van der Waals surface area contributed by atoms with Crippen molar-refractivity contribution in [2.45, 2.75) is 29.6 Å². The molecule has 4 atom stereocenters. The van der Waals surface area contributed by atoms with E-state index in [9.17, 15) is 19.8 Å². The topological polar surface area (TPSA) is 113 Å². The summed E-state index contributed by atoms with van der Waals surface area (Å²) in [4.78, 5) is 25.5. The number of amides is 1. The Hall–Kier alpha value is -1.77. The summed E-state index contributed by atoms with van der Waals surface area (Å²) in [6.45, 7) is 2.16. The number of thioether (sulfide) groups is 1. The van der Waals surface area contributed by atoms with Crippen molar-refractivity contribution in [2.75, 3.05) is 19.7 Å². The van der Waals surface area contributed by atoms with Crippen molar-refractivity contribution >= 4 is 23.6 Å². The van der Waals surface area contributed by atoms with E-state index in [4.69, 9.17) is 10.5 Å². The molecular weight excluding hydrogens is 344 g/mol. The molecule has 0 saturated carbocycles. The summed E-state index contributed by atoms with van der Waals surface area (Å²) in [5.41, 5.74) is 6.61. The standard InChI is InChI=1S/C17H22N2O5S/c1-10(20)13-14(21)19-8-17(16(22)23,25-15(13)19)9-24-12-4-2-11(3-5-12)6-7-18/h2-5,10,13,15,20H,6-9,18H2,1H3,(H,22,23)/t10-,13+,15-,17?/m1/s1. The quantitative estimate of drug-likeness (QED) is 0.595. The smallest absolute Gasteiger partial charge is 0.325 e. The number of hydrogen-bond donors (Lipinski definition) is 3. The Labute approximate surface area is 150 Å². The predicted molar refractivity (Wildman–Crippen MR) is 93.3 cm³/mol. The molecule has 136 valence electrons. The summed E-state index contributed by atoms with van der Waals surface area (Å²) in [7, 11) is 0. The summed E-state index contributed by atoms with van der Waals surface area (Å²) in [5.74, 6) is -1.16. The number of aliphatic carboxylic acids is 1. The molecule has 0 spiro atoms. The second kappa shape index (κ2) is 6.86. The van der Waals surface area contributed by atoms with E-state index in [-0.39, 0.29) is 24.4 Å². The van der Waals surface area contributed by atoms with Gasteiger partial charge >= 0.3 is 5.97 Å². The molecule has 2 aliphatic rings. The van der Waals surface area contributed by atoms with Crippen LogP contribution in [0.5, 0.6) is 5.75 Å². The molecule has 2 aliphatic heterocycles. The average Bonchev–Trinajstić information content (AvgIpc) is 2.90. The number of fused-ring (bicyclic) bond motifs is 1. The zero-order chi connectivity index (χ0) is 18.2.